The van der Waals surface area contributed by atoms with Crippen molar-refractivity contribution in [1.82, 2.24) is 19.4 Å². The zero-order valence-corrected chi connectivity index (χ0v) is 25.1. The summed E-state index contributed by atoms with van der Waals surface area (Å²) in [6.07, 6.45) is 1.26. The van der Waals surface area contributed by atoms with Crippen LogP contribution in [0.5, 0.6) is 17.4 Å². The van der Waals surface area contributed by atoms with Gasteiger partial charge in [-0.2, -0.15) is 0 Å². The predicted molar refractivity (Wildman–Crippen MR) is 162 cm³/mol. The molecule has 0 spiro atoms. The molecule has 1 fully saturated rings. The van der Waals surface area contributed by atoms with E-state index in [4.69, 9.17) is 19.2 Å². The van der Waals surface area contributed by atoms with Crippen molar-refractivity contribution in [1.29, 1.82) is 0 Å². The molecule has 0 saturated carbocycles. The monoisotopic (exact) mass is 570 g/mol. The predicted octanol–water partition coefficient (Wildman–Crippen LogP) is 6.53. The molecule has 9 heteroatoms. The minimum atomic E-state index is -0.588. The summed E-state index contributed by atoms with van der Waals surface area (Å²) in [5.74, 6) is 1.46. The third-order valence-corrected chi connectivity index (χ3v) is 7.10. The van der Waals surface area contributed by atoms with Crippen molar-refractivity contribution in [3.63, 3.8) is 0 Å². The number of para-hydroxylation sites is 2. The molecular weight excluding hydrogens is 532 g/mol. The molecule has 9 nitrogen and oxygen atoms in total. The number of hydrogen-bond acceptors (Lipinski definition) is 6. The molecule has 1 aliphatic heterocycles. The first-order valence-electron chi connectivity index (χ1n) is 14.3. The number of ether oxygens (including phenoxy) is 3. The van der Waals surface area contributed by atoms with Gasteiger partial charge in [-0.05, 0) is 64.8 Å². The summed E-state index contributed by atoms with van der Waals surface area (Å²) in [6.45, 7) is 13.4. The highest BCUT2D eigenvalue weighted by Crippen LogP contribution is 2.40. The molecule has 4 aromatic rings. The molecule has 2 amide bonds. The Hall–Kier alpha value is -4.53. The van der Waals surface area contributed by atoms with Crippen molar-refractivity contribution in [3.8, 4) is 23.1 Å². The van der Waals surface area contributed by atoms with Gasteiger partial charge in [0.05, 0.1) is 18.3 Å². The molecule has 5 rings (SSSR count). The van der Waals surface area contributed by atoms with Gasteiger partial charge in [0.1, 0.15) is 28.2 Å². The molecule has 0 atom stereocenters. The van der Waals surface area contributed by atoms with Crippen LogP contribution in [0.4, 0.5) is 4.79 Å². The summed E-state index contributed by atoms with van der Waals surface area (Å²) < 4.78 is 20.0. The summed E-state index contributed by atoms with van der Waals surface area (Å²) >= 11 is 0. The fraction of sp³-hybridized carbons (Fsp3) is 0.364. The maximum absolute atomic E-state index is 14.4. The van der Waals surface area contributed by atoms with Crippen molar-refractivity contribution < 1.29 is 23.8 Å². The Morgan fingerprint density at radius 3 is 2.17 bits per heavy atom. The number of amides is 2. The number of piperazine rings is 1. The number of rotatable bonds is 6. The zero-order chi connectivity index (χ0) is 30.0. The number of benzene rings is 2. The molecule has 2 aromatic carbocycles. The smallest absolute Gasteiger partial charge is 0.410 e. The molecular formula is C33H38N4O5. The van der Waals surface area contributed by atoms with E-state index in [2.05, 4.69) is 0 Å². The number of hydrogen-bond donors (Lipinski definition) is 0. The van der Waals surface area contributed by atoms with E-state index in [0.29, 0.717) is 66.8 Å². The summed E-state index contributed by atoms with van der Waals surface area (Å²) in [4.78, 5) is 35.2. The van der Waals surface area contributed by atoms with Gasteiger partial charge in [-0.3, -0.25) is 9.36 Å². The summed E-state index contributed by atoms with van der Waals surface area (Å²) in [7, 11) is 0. The quantitative estimate of drug-likeness (QED) is 0.262. The van der Waals surface area contributed by atoms with Gasteiger partial charge in [-0.15, -0.1) is 0 Å². The van der Waals surface area contributed by atoms with E-state index in [1.165, 1.54) is 0 Å². The third kappa shape index (κ3) is 5.91. The second-order valence-corrected chi connectivity index (χ2v) is 11.4. The first kappa shape index (κ1) is 29.0. The van der Waals surface area contributed by atoms with Gasteiger partial charge in [0.15, 0.2) is 0 Å². The van der Waals surface area contributed by atoms with E-state index >= 15 is 0 Å². The van der Waals surface area contributed by atoms with Crippen molar-refractivity contribution in [2.75, 3.05) is 32.8 Å². The largest absolute Gasteiger partial charge is 0.492 e. The normalized spacial score (nSPS) is 13.8. The fourth-order valence-corrected chi connectivity index (χ4v) is 5.12. The average molecular weight is 571 g/mol. The Morgan fingerprint density at radius 2 is 1.55 bits per heavy atom. The van der Waals surface area contributed by atoms with Gasteiger partial charge in [0.2, 0.25) is 5.88 Å². The molecule has 2 aromatic heterocycles. The van der Waals surface area contributed by atoms with Crippen LogP contribution in [-0.4, -0.2) is 69.7 Å². The van der Waals surface area contributed by atoms with Crippen LogP contribution in [0.3, 0.4) is 0 Å². The number of nitrogens with zero attached hydrogens (tertiary/aromatic N) is 4. The Morgan fingerprint density at radius 1 is 0.905 bits per heavy atom. The molecule has 0 aliphatic carbocycles. The zero-order valence-electron chi connectivity index (χ0n) is 25.1. The maximum atomic E-state index is 14.4. The number of carbonyl (C=O) groups excluding carboxylic acids is 2. The van der Waals surface area contributed by atoms with Crippen molar-refractivity contribution in [3.05, 3.63) is 77.5 Å². The van der Waals surface area contributed by atoms with Crippen LogP contribution >= 0.6 is 0 Å². The molecule has 3 heterocycles. The van der Waals surface area contributed by atoms with Gasteiger partial charge in [0, 0.05) is 37.9 Å². The Labute approximate surface area is 246 Å². The third-order valence-electron chi connectivity index (χ3n) is 7.10. The van der Waals surface area contributed by atoms with Crippen LogP contribution in [0.25, 0.3) is 16.7 Å². The number of fused-ring (bicyclic) bond motifs is 1. The van der Waals surface area contributed by atoms with E-state index in [-0.39, 0.29) is 12.0 Å². The van der Waals surface area contributed by atoms with Gasteiger partial charge < -0.3 is 24.0 Å². The molecule has 0 bridgehead atoms. The standard InChI is InChI=1S/C33H38N4O5/c1-7-40-25-20-26-28(34-21-25)27(30(38)35-16-18-36(19-17-35)32(39)42-33(4,5)6)31(37(26)24-14-9-8-10-15-24)41-29-22(2)12-11-13-23(29)3/h8-15,20-21H,7,16-19H2,1-6H3. The number of aromatic nitrogens is 2. The van der Waals surface area contributed by atoms with Crippen molar-refractivity contribution in [2.45, 2.75) is 47.1 Å². The Balaban J connectivity index is 1.62. The van der Waals surface area contributed by atoms with Crippen LogP contribution in [0, 0.1) is 13.8 Å². The lowest BCUT2D eigenvalue weighted by atomic mass is 10.1. The van der Waals surface area contributed by atoms with Gasteiger partial charge in [-0.1, -0.05) is 36.4 Å². The average Bonchev–Trinajstić information content (AvgIpc) is 3.27. The van der Waals surface area contributed by atoms with Crippen LogP contribution < -0.4 is 9.47 Å². The van der Waals surface area contributed by atoms with E-state index < -0.39 is 5.60 Å². The van der Waals surface area contributed by atoms with E-state index in [9.17, 15) is 9.59 Å². The minimum absolute atomic E-state index is 0.212. The van der Waals surface area contributed by atoms with E-state index in [0.717, 1.165) is 16.8 Å². The highest BCUT2D eigenvalue weighted by atomic mass is 16.6. The number of pyridine rings is 1. The molecule has 0 N–H and O–H groups in total. The van der Waals surface area contributed by atoms with Crippen LogP contribution in [0.2, 0.25) is 0 Å². The molecule has 0 radical (unpaired) electrons. The highest BCUT2D eigenvalue weighted by molar-refractivity contribution is 6.09. The van der Waals surface area contributed by atoms with Crippen LogP contribution in [-0.2, 0) is 4.74 Å². The molecule has 1 aliphatic rings. The van der Waals surface area contributed by atoms with Crippen molar-refractivity contribution >= 4 is 23.0 Å². The van der Waals surface area contributed by atoms with Crippen LogP contribution in [0.1, 0.15) is 49.2 Å². The van der Waals surface area contributed by atoms with Gasteiger partial charge in [0.25, 0.3) is 5.91 Å². The highest BCUT2D eigenvalue weighted by Gasteiger charge is 2.34. The SMILES string of the molecule is CCOc1cnc2c(C(=O)N3CCN(C(=O)OC(C)(C)C)CC3)c(Oc3c(C)cccc3C)n(-c3ccccc3)c2c1. The van der Waals surface area contributed by atoms with E-state index in [1.54, 1.807) is 16.0 Å². The number of aryl methyl sites for hydroxylation is 2. The fourth-order valence-electron chi connectivity index (χ4n) is 5.12. The Kier molecular flexibility index (Phi) is 8.11. The minimum Gasteiger partial charge on any atom is -0.492 e. The lowest BCUT2D eigenvalue weighted by Crippen LogP contribution is -2.51. The lowest BCUT2D eigenvalue weighted by Gasteiger charge is -2.35. The molecule has 42 heavy (non-hydrogen) atoms. The van der Waals surface area contributed by atoms with Crippen LogP contribution in [0.15, 0.2) is 60.8 Å². The second kappa shape index (κ2) is 11.8. The Bertz CT molecular complexity index is 1580. The molecule has 1 saturated heterocycles. The van der Waals surface area contributed by atoms with Crippen molar-refractivity contribution in [2.24, 2.45) is 0 Å². The first-order valence-corrected chi connectivity index (χ1v) is 14.3. The number of carbonyl (C=O) groups is 2. The summed E-state index contributed by atoms with van der Waals surface area (Å²) in [5, 5.41) is 0. The maximum Gasteiger partial charge on any atom is 0.410 e. The summed E-state index contributed by atoms with van der Waals surface area (Å²) in [5.41, 5.74) is 3.72. The van der Waals surface area contributed by atoms with Gasteiger partial charge in [-0.25, -0.2) is 9.78 Å². The second-order valence-electron chi connectivity index (χ2n) is 11.4. The summed E-state index contributed by atoms with van der Waals surface area (Å²) in [6, 6.07) is 17.6. The first-order chi connectivity index (χ1) is 20.1. The lowest BCUT2D eigenvalue weighted by molar-refractivity contribution is 0.0140. The molecule has 220 valence electrons. The molecule has 0 unspecified atom stereocenters. The van der Waals surface area contributed by atoms with Gasteiger partial charge >= 0.3 is 6.09 Å². The van der Waals surface area contributed by atoms with E-state index in [1.807, 2.05) is 101 Å². The topological polar surface area (TPSA) is 86.1 Å².